The number of rotatable bonds is 12. The number of nitrogens with zero attached hydrogens (tertiary/aromatic N) is 2. The Morgan fingerprint density at radius 3 is 2.21 bits per heavy atom. The minimum atomic E-state index is -5.08. The Morgan fingerprint density at radius 1 is 1.03 bits per heavy atom. The van der Waals surface area contributed by atoms with Gasteiger partial charge in [0.2, 0.25) is 11.8 Å². The first-order chi connectivity index (χ1) is 17.8. The van der Waals surface area contributed by atoms with Crippen molar-refractivity contribution in [3.63, 3.8) is 0 Å². The second-order valence-electron chi connectivity index (χ2n) is 7.36. The van der Waals surface area contributed by atoms with Crippen LogP contribution in [0.1, 0.15) is 30.9 Å². The third kappa shape index (κ3) is 12.3. The number of aliphatic carboxylic acids is 2. The summed E-state index contributed by atoms with van der Waals surface area (Å²) in [6.45, 7) is 0.151. The predicted octanol–water partition coefficient (Wildman–Crippen LogP) is 2.26. The molecule has 0 saturated heterocycles. The fourth-order valence-electron chi connectivity index (χ4n) is 2.81. The van der Waals surface area contributed by atoms with Gasteiger partial charge in [-0.2, -0.15) is 13.2 Å². The molecule has 1 unspecified atom stereocenters. The SMILES string of the molecule is O=C(O)C(F)(F)F.O=C(O)CC(NC(=O)CNC(=O)CCCNc1ccccn1)c1ccccc1[N+](=O)[O-]. The number of para-hydroxylation sites is 1. The van der Waals surface area contributed by atoms with Gasteiger partial charge in [-0.3, -0.25) is 24.5 Å². The number of halogens is 3. The number of carbonyl (C=O) groups excluding carboxylic acids is 2. The van der Waals surface area contributed by atoms with Crippen molar-refractivity contribution in [3.05, 3.63) is 64.3 Å². The van der Waals surface area contributed by atoms with Gasteiger partial charge in [0.15, 0.2) is 0 Å². The molecule has 1 heterocycles. The first-order valence-corrected chi connectivity index (χ1v) is 10.8. The number of nitro benzene ring substituents is 1. The fourth-order valence-corrected chi connectivity index (χ4v) is 2.81. The van der Waals surface area contributed by atoms with E-state index in [1.807, 2.05) is 6.07 Å². The first kappa shape index (κ1) is 31.3. The van der Waals surface area contributed by atoms with E-state index in [0.29, 0.717) is 18.8 Å². The molecule has 2 rings (SSSR count). The summed E-state index contributed by atoms with van der Waals surface area (Å²) >= 11 is 0. The van der Waals surface area contributed by atoms with Crippen LogP contribution in [0.15, 0.2) is 48.7 Å². The predicted molar refractivity (Wildman–Crippen MR) is 125 cm³/mol. The van der Waals surface area contributed by atoms with Crippen molar-refractivity contribution in [1.82, 2.24) is 15.6 Å². The van der Waals surface area contributed by atoms with Gasteiger partial charge in [-0.15, -0.1) is 0 Å². The van der Waals surface area contributed by atoms with Gasteiger partial charge in [0.05, 0.1) is 29.5 Å². The maximum absolute atomic E-state index is 12.2. The number of benzene rings is 1. The van der Waals surface area contributed by atoms with E-state index in [4.69, 9.17) is 15.0 Å². The van der Waals surface area contributed by atoms with Crippen molar-refractivity contribution in [3.8, 4) is 0 Å². The zero-order valence-corrected chi connectivity index (χ0v) is 19.6. The smallest absolute Gasteiger partial charge is 0.481 e. The van der Waals surface area contributed by atoms with E-state index in [9.17, 15) is 37.7 Å². The molecule has 1 aromatic carbocycles. The Labute approximate surface area is 213 Å². The molecule has 0 radical (unpaired) electrons. The van der Waals surface area contributed by atoms with Crippen LogP contribution in [-0.2, 0) is 19.2 Å². The molecule has 1 atom stereocenters. The number of hydrogen-bond acceptors (Lipinski definition) is 8. The van der Waals surface area contributed by atoms with Gasteiger partial charge >= 0.3 is 18.1 Å². The highest BCUT2D eigenvalue weighted by molar-refractivity contribution is 5.85. The van der Waals surface area contributed by atoms with Crippen molar-refractivity contribution < 1.29 is 47.5 Å². The molecule has 1 aromatic heterocycles. The number of anilines is 1. The van der Waals surface area contributed by atoms with Gasteiger partial charge in [-0.1, -0.05) is 24.3 Å². The number of aromatic nitrogens is 1. The van der Waals surface area contributed by atoms with E-state index in [1.165, 1.54) is 24.3 Å². The first-order valence-electron chi connectivity index (χ1n) is 10.8. The van der Waals surface area contributed by atoms with E-state index in [2.05, 4.69) is 20.9 Å². The molecule has 2 aromatic rings. The maximum atomic E-state index is 12.2. The minimum absolute atomic E-state index is 0.0789. The molecule has 0 bridgehead atoms. The highest BCUT2D eigenvalue weighted by atomic mass is 19.4. The van der Waals surface area contributed by atoms with Crippen molar-refractivity contribution in [2.24, 2.45) is 0 Å². The lowest BCUT2D eigenvalue weighted by Gasteiger charge is -2.17. The summed E-state index contributed by atoms with van der Waals surface area (Å²) in [7, 11) is 0. The number of nitrogens with one attached hydrogen (secondary N) is 3. The van der Waals surface area contributed by atoms with E-state index in [0.717, 1.165) is 0 Å². The molecular formula is C22H24F3N5O8. The number of carboxylic acids is 2. The van der Waals surface area contributed by atoms with Crippen LogP contribution in [-0.4, -0.2) is 63.1 Å². The average molecular weight is 543 g/mol. The minimum Gasteiger partial charge on any atom is -0.481 e. The van der Waals surface area contributed by atoms with Crippen LogP contribution in [0, 0.1) is 10.1 Å². The Kier molecular flexibility index (Phi) is 12.7. The summed E-state index contributed by atoms with van der Waals surface area (Å²) in [5.74, 6) is -4.29. The van der Waals surface area contributed by atoms with Gasteiger partial charge in [0.25, 0.3) is 5.69 Å². The lowest BCUT2D eigenvalue weighted by Crippen LogP contribution is -2.39. The number of hydrogen-bond donors (Lipinski definition) is 5. The summed E-state index contributed by atoms with van der Waals surface area (Å²) in [5.41, 5.74) is -0.214. The maximum Gasteiger partial charge on any atom is 0.490 e. The van der Waals surface area contributed by atoms with Gasteiger partial charge in [0, 0.05) is 25.2 Å². The van der Waals surface area contributed by atoms with Crippen LogP contribution < -0.4 is 16.0 Å². The summed E-state index contributed by atoms with van der Waals surface area (Å²) in [6.07, 6.45) is -3.28. The normalized spacial score (nSPS) is 11.2. The number of nitro groups is 1. The van der Waals surface area contributed by atoms with E-state index < -0.39 is 41.4 Å². The monoisotopic (exact) mass is 543 g/mol. The number of pyridine rings is 1. The second-order valence-corrected chi connectivity index (χ2v) is 7.36. The molecule has 2 amide bonds. The summed E-state index contributed by atoms with van der Waals surface area (Å²) in [5, 5.41) is 35.4. The largest absolute Gasteiger partial charge is 0.490 e. The molecule has 5 N–H and O–H groups in total. The topological polar surface area (TPSA) is 201 Å². The molecule has 38 heavy (non-hydrogen) atoms. The van der Waals surface area contributed by atoms with Crippen LogP contribution in [0.4, 0.5) is 24.7 Å². The van der Waals surface area contributed by atoms with Crippen LogP contribution in [0.5, 0.6) is 0 Å². The second kappa shape index (κ2) is 15.4. The van der Waals surface area contributed by atoms with Crippen LogP contribution in [0.25, 0.3) is 0 Å². The van der Waals surface area contributed by atoms with Crippen molar-refractivity contribution in [1.29, 1.82) is 0 Å². The zero-order chi connectivity index (χ0) is 28.7. The highest BCUT2D eigenvalue weighted by Gasteiger charge is 2.38. The molecule has 13 nitrogen and oxygen atoms in total. The highest BCUT2D eigenvalue weighted by Crippen LogP contribution is 2.27. The van der Waals surface area contributed by atoms with Crippen molar-refractivity contribution in [2.45, 2.75) is 31.5 Å². The number of alkyl halides is 3. The zero-order valence-electron chi connectivity index (χ0n) is 19.6. The molecule has 0 spiro atoms. The van der Waals surface area contributed by atoms with Crippen molar-refractivity contribution >= 4 is 35.3 Å². The Bertz CT molecular complexity index is 1120. The van der Waals surface area contributed by atoms with Crippen LogP contribution >= 0.6 is 0 Å². The third-order valence-corrected chi connectivity index (χ3v) is 4.46. The number of carbonyl (C=O) groups is 4. The fraction of sp³-hybridized carbons (Fsp3) is 0.318. The third-order valence-electron chi connectivity index (χ3n) is 4.46. The molecule has 206 valence electrons. The Balaban J connectivity index is 0.000000905. The molecule has 0 aliphatic carbocycles. The van der Waals surface area contributed by atoms with Crippen LogP contribution in [0.3, 0.4) is 0 Å². The molecule has 0 aliphatic heterocycles. The van der Waals surface area contributed by atoms with E-state index >= 15 is 0 Å². The Hall–Kier alpha value is -4.76. The van der Waals surface area contributed by atoms with Gasteiger partial charge in [-0.05, 0) is 18.6 Å². The number of carboxylic acid groups (broad SMARTS) is 2. The Morgan fingerprint density at radius 2 is 1.66 bits per heavy atom. The van der Waals surface area contributed by atoms with Gasteiger partial charge in [-0.25, -0.2) is 9.78 Å². The molecule has 0 fully saturated rings. The van der Waals surface area contributed by atoms with E-state index in [-0.39, 0.29) is 30.1 Å². The summed E-state index contributed by atoms with van der Waals surface area (Å²) in [6, 6.07) is 9.91. The molecule has 0 aliphatic rings. The average Bonchev–Trinajstić information content (AvgIpc) is 2.85. The lowest BCUT2D eigenvalue weighted by molar-refractivity contribution is -0.385. The van der Waals surface area contributed by atoms with Crippen molar-refractivity contribution in [2.75, 3.05) is 18.4 Å². The lowest BCUT2D eigenvalue weighted by atomic mass is 10.0. The molecular weight excluding hydrogens is 519 g/mol. The van der Waals surface area contributed by atoms with E-state index in [1.54, 1.807) is 18.3 Å². The van der Waals surface area contributed by atoms with Gasteiger partial charge < -0.3 is 26.2 Å². The van der Waals surface area contributed by atoms with Gasteiger partial charge in [0.1, 0.15) is 5.82 Å². The summed E-state index contributed by atoms with van der Waals surface area (Å²) < 4.78 is 31.7. The van der Waals surface area contributed by atoms with Crippen LogP contribution in [0.2, 0.25) is 0 Å². The molecule has 0 saturated carbocycles. The standard InChI is InChI=1S/C20H23N5O6.C2HF3O2/c26-18(9-5-11-22-17-8-3-4-10-21-17)23-13-19(27)24-15(12-20(28)29)14-6-1-2-7-16(14)25(30)31;3-2(4,5)1(6)7/h1-4,6-8,10,15H,5,9,11-13H2,(H,21,22)(H,23,26)(H,24,27)(H,28,29);(H,6,7). The summed E-state index contributed by atoms with van der Waals surface area (Å²) in [4.78, 5) is 58.8. The number of amides is 2. The molecule has 16 heteroatoms. The quantitative estimate of drug-likeness (QED) is 0.150.